The van der Waals surface area contributed by atoms with Crippen molar-refractivity contribution < 1.29 is 9.18 Å². The number of H-pyrrole nitrogens is 1. The fourth-order valence-electron chi connectivity index (χ4n) is 3.03. The zero-order valence-corrected chi connectivity index (χ0v) is 12.9. The number of aromatic nitrogens is 3. The zero-order valence-electron chi connectivity index (χ0n) is 12.9. The van der Waals surface area contributed by atoms with Crippen LogP contribution in [0.5, 0.6) is 0 Å². The molecule has 0 unspecified atom stereocenters. The number of amides is 1. The molecule has 3 aromatic rings. The molecule has 0 atom stereocenters. The summed E-state index contributed by atoms with van der Waals surface area (Å²) in [6.07, 6.45) is 9.24. The molecule has 4 rings (SSSR count). The predicted molar refractivity (Wildman–Crippen MR) is 88.8 cm³/mol. The van der Waals surface area contributed by atoms with Gasteiger partial charge in [-0.3, -0.25) is 9.78 Å². The van der Waals surface area contributed by atoms with Crippen LogP contribution in [0, 0.1) is 5.82 Å². The van der Waals surface area contributed by atoms with Gasteiger partial charge >= 0.3 is 0 Å². The third-order valence-electron chi connectivity index (χ3n) is 4.27. The van der Waals surface area contributed by atoms with E-state index in [0.29, 0.717) is 18.8 Å². The van der Waals surface area contributed by atoms with Crippen molar-refractivity contribution in [2.75, 3.05) is 13.1 Å². The van der Waals surface area contributed by atoms with E-state index in [1.807, 2.05) is 12.3 Å². The molecule has 0 aliphatic carbocycles. The van der Waals surface area contributed by atoms with Crippen LogP contribution in [0.2, 0.25) is 0 Å². The van der Waals surface area contributed by atoms with Crippen LogP contribution >= 0.6 is 0 Å². The van der Waals surface area contributed by atoms with E-state index in [1.54, 1.807) is 17.2 Å². The second-order valence-electron chi connectivity index (χ2n) is 5.71. The second-order valence-corrected chi connectivity index (χ2v) is 5.71. The standard InChI is InChI=1S/C18H15FN4O/c19-13-1-2-14-15(10-22-16(14)9-13)12-3-7-23(8-4-12)18(24)17-11-20-5-6-21-17/h1-3,5-6,9-11,22H,4,7-8H2. The van der Waals surface area contributed by atoms with Crippen molar-refractivity contribution in [3.63, 3.8) is 0 Å². The van der Waals surface area contributed by atoms with Crippen LogP contribution in [0.15, 0.2) is 49.1 Å². The van der Waals surface area contributed by atoms with Gasteiger partial charge in [0.15, 0.2) is 0 Å². The van der Waals surface area contributed by atoms with Crippen LogP contribution in [0.3, 0.4) is 0 Å². The van der Waals surface area contributed by atoms with Crippen LogP contribution in [-0.2, 0) is 0 Å². The molecular weight excluding hydrogens is 307 g/mol. The Morgan fingerprint density at radius 3 is 2.96 bits per heavy atom. The number of rotatable bonds is 2. The second kappa shape index (κ2) is 5.88. The number of nitrogens with zero attached hydrogens (tertiary/aromatic N) is 3. The summed E-state index contributed by atoms with van der Waals surface area (Å²) in [4.78, 5) is 25.2. The average Bonchev–Trinajstić information content (AvgIpc) is 3.05. The van der Waals surface area contributed by atoms with Crippen LogP contribution in [0.4, 0.5) is 4.39 Å². The summed E-state index contributed by atoms with van der Waals surface area (Å²) in [5, 5.41) is 0.997. The minimum absolute atomic E-state index is 0.112. The number of hydrogen-bond acceptors (Lipinski definition) is 3. The van der Waals surface area contributed by atoms with Gasteiger partial charge in [-0.15, -0.1) is 0 Å². The molecule has 0 bridgehead atoms. The smallest absolute Gasteiger partial charge is 0.274 e. The van der Waals surface area contributed by atoms with E-state index in [1.165, 1.54) is 24.5 Å². The summed E-state index contributed by atoms with van der Waals surface area (Å²) in [6, 6.07) is 4.74. The number of nitrogens with one attached hydrogen (secondary N) is 1. The van der Waals surface area contributed by atoms with Gasteiger partial charge in [0.05, 0.1) is 6.20 Å². The molecule has 3 heterocycles. The highest BCUT2D eigenvalue weighted by atomic mass is 19.1. The Bertz CT molecular complexity index is 933. The van der Waals surface area contributed by atoms with Gasteiger partial charge in [-0.05, 0) is 30.2 Å². The summed E-state index contributed by atoms with van der Waals surface area (Å²) in [6.45, 7) is 1.15. The Kier molecular flexibility index (Phi) is 3.57. The lowest BCUT2D eigenvalue weighted by atomic mass is 9.99. The summed E-state index contributed by atoms with van der Waals surface area (Å²) < 4.78 is 13.3. The van der Waals surface area contributed by atoms with Gasteiger partial charge in [0.2, 0.25) is 0 Å². The lowest BCUT2D eigenvalue weighted by molar-refractivity contribution is 0.0766. The molecule has 24 heavy (non-hydrogen) atoms. The fraction of sp³-hybridized carbons (Fsp3) is 0.167. The monoisotopic (exact) mass is 322 g/mol. The number of fused-ring (bicyclic) bond motifs is 1. The first kappa shape index (κ1) is 14.6. The number of carbonyl (C=O) groups excluding carboxylic acids is 1. The van der Waals surface area contributed by atoms with Gasteiger partial charge in [-0.2, -0.15) is 0 Å². The third kappa shape index (κ3) is 2.56. The number of hydrogen-bond donors (Lipinski definition) is 1. The van der Waals surface area contributed by atoms with Crippen molar-refractivity contribution in [3.05, 3.63) is 66.1 Å². The first-order chi connectivity index (χ1) is 11.7. The van der Waals surface area contributed by atoms with E-state index in [9.17, 15) is 9.18 Å². The third-order valence-corrected chi connectivity index (χ3v) is 4.27. The summed E-state index contributed by atoms with van der Waals surface area (Å²) in [5.41, 5.74) is 3.37. The molecule has 6 heteroatoms. The minimum Gasteiger partial charge on any atom is -0.360 e. The molecular formula is C18H15FN4O. The number of aromatic amines is 1. The maximum Gasteiger partial charge on any atom is 0.274 e. The molecule has 0 saturated heterocycles. The predicted octanol–water partition coefficient (Wildman–Crippen LogP) is 3.03. The van der Waals surface area contributed by atoms with Crippen LogP contribution in [0.1, 0.15) is 22.5 Å². The van der Waals surface area contributed by atoms with Crippen molar-refractivity contribution in [2.45, 2.75) is 6.42 Å². The molecule has 2 aromatic heterocycles. The Hall–Kier alpha value is -3.02. The minimum atomic E-state index is -0.255. The maximum absolute atomic E-state index is 13.3. The van der Waals surface area contributed by atoms with E-state index < -0.39 is 0 Å². The topological polar surface area (TPSA) is 61.9 Å². The summed E-state index contributed by atoms with van der Waals surface area (Å²) >= 11 is 0. The van der Waals surface area contributed by atoms with Crippen molar-refractivity contribution in [3.8, 4) is 0 Å². The quantitative estimate of drug-likeness (QED) is 0.789. The first-order valence-corrected chi connectivity index (χ1v) is 7.74. The highest BCUT2D eigenvalue weighted by Crippen LogP contribution is 2.29. The molecule has 0 fully saturated rings. The van der Waals surface area contributed by atoms with E-state index in [0.717, 1.165) is 28.5 Å². The van der Waals surface area contributed by atoms with Gasteiger partial charge < -0.3 is 9.88 Å². The molecule has 1 aliphatic heterocycles. The molecule has 5 nitrogen and oxygen atoms in total. The molecule has 1 N–H and O–H groups in total. The van der Waals surface area contributed by atoms with Crippen molar-refractivity contribution in [2.24, 2.45) is 0 Å². The van der Waals surface area contributed by atoms with Crippen LogP contribution in [-0.4, -0.2) is 38.8 Å². The molecule has 0 radical (unpaired) electrons. The molecule has 0 spiro atoms. The number of benzene rings is 1. The Morgan fingerprint density at radius 2 is 2.21 bits per heavy atom. The Morgan fingerprint density at radius 1 is 1.29 bits per heavy atom. The van der Waals surface area contributed by atoms with Crippen LogP contribution in [0.25, 0.3) is 16.5 Å². The Labute approximate surface area is 137 Å². The summed E-state index contributed by atoms with van der Waals surface area (Å²) in [7, 11) is 0. The van der Waals surface area contributed by atoms with E-state index in [4.69, 9.17) is 0 Å². The Balaban J connectivity index is 1.57. The molecule has 1 aromatic carbocycles. The van der Waals surface area contributed by atoms with E-state index >= 15 is 0 Å². The zero-order chi connectivity index (χ0) is 16.5. The number of carbonyl (C=O) groups is 1. The van der Waals surface area contributed by atoms with E-state index in [2.05, 4.69) is 15.0 Å². The molecule has 1 aliphatic rings. The number of halogens is 1. The van der Waals surface area contributed by atoms with Crippen LogP contribution < -0.4 is 0 Å². The average molecular weight is 322 g/mol. The van der Waals surface area contributed by atoms with Crippen molar-refractivity contribution in [1.29, 1.82) is 0 Å². The lowest BCUT2D eigenvalue weighted by Crippen LogP contribution is -2.35. The van der Waals surface area contributed by atoms with Gasteiger partial charge in [0.25, 0.3) is 5.91 Å². The fourth-order valence-corrected chi connectivity index (χ4v) is 3.03. The largest absolute Gasteiger partial charge is 0.360 e. The van der Waals surface area contributed by atoms with Crippen molar-refractivity contribution in [1.82, 2.24) is 19.9 Å². The van der Waals surface area contributed by atoms with E-state index in [-0.39, 0.29) is 11.7 Å². The van der Waals surface area contributed by atoms with Crippen molar-refractivity contribution >= 4 is 22.4 Å². The lowest BCUT2D eigenvalue weighted by Gasteiger charge is -2.26. The van der Waals surface area contributed by atoms with Gasteiger partial charge in [-0.25, -0.2) is 9.37 Å². The molecule has 120 valence electrons. The van der Waals surface area contributed by atoms with Gasteiger partial charge in [0.1, 0.15) is 11.5 Å². The highest BCUT2D eigenvalue weighted by molar-refractivity contribution is 5.95. The first-order valence-electron chi connectivity index (χ1n) is 7.74. The molecule has 1 amide bonds. The maximum atomic E-state index is 13.3. The molecule has 0 saturated carbocycles. The van der Waals surface area contributed by atoms with Gasteiger partial charge in [0, 0.05) is 48.1 Å². The highest BCUT2D eigenvalue weighted by Gasteiger charge is 2.21. The summed E-state index contributed by atoms with van der Waals surface area (Å²) in [5.74, 6) is -0.367. The normalized spacial score (nSPS) is 14.7. The van der Waals surface area contributed by atoms with Gasteiger partial charge in [-0.1, -0.05) is 6.08 Å². The SMILES string of the molecule is O=C(c1cnccn1)N1CC=C(c2c[nH]c3cc(F)ccc23)CC1.